The number of rotatable bonds is 1. The van der Waals surface area contributed by atoms with Crippen LogP contribution in [0, 0.1) is 11.8 Å². The lowest BCUT2D eigenvalue weighted by Crippen LogP contribution is -2.41. The van der Waals surface area contributed by atoms with Gasteiger partial charge in [0.2, 0.25) is 0 Å². The van der Waals surface area contributed by atoms with Crippen LogP contribution in [0.25, 0.3) is 0 Å². The highest BCUT2D eigenvalue weighted by Gasteiger charge is 2.60. The van der Waals surface area contributed by atoms with Crippen LogP contribution in [0.5, 0.6) is 5.75 Å². The van der Waals surface area contributed by atoms with Gasteiger partial charge in [-0.3, -0.25) is 4.99 Å². The summed E-state index contributed by atoms with van der Waals surface area (Å²) in [6, 6.07) is 7.95. The molecule has 4 nitrogen and oxygen atoms in total. The third kappa shape index (κ3) is 2.12. The van der Waals surface area contributed by atoms with E-state index in [4.69, 9.17) is 9.73 Å². The molecule has 0 amide bonds. The van der Waals surface area contributed by atoms with Crippen molar-refractivity contribution in [2.75, 3.05) is 26.3 Å². The van der Waals surface area contributed by atoms with Gasteiger partial charge in [-0.1, -0.05) is 12.1 Å². The lowest BCUT2D eigenvalue weighted by Gasteiger charge is -2.39. The van der Waals surface area contributed by atoms with Crippen LogP contribution >= 0.6 is 0 Å². The molecule has 1 aromatic carbocycles. The molecule has 5 rings (SSSR count). The van der Waals surface area contributed by atoms with Crippen molar-refractivity contribution in [3.05, 3.63) is 29.8 Å². The Kier molecular flexibility index (Phi) is 3.37. The molecule has 0 aromatic heterocycles. The van der Waals surface area contributed by atoms with Crippen LogP contribution in [0.3, 0.4) is 0 Å². The molecule has 3 fully saturated rings. The van der Waals surface area contributed by atoms with E-state index in [9.17, 15) is 5.11 Å². The minimum atomic E-state index is 0.119. The first-order valence-electron chi connectivity index (χ1n) is 9.47. The molecule has 0 radical (unpaired) electrons. The number of morpholine rings is 1. The molecule has 1 aromatic rings. The lowest BCUT2D eigenvalue weighted by molar-refractivity contribution is 0.0674. The summed E-state index contributed by atoms with van der Waals surface area (Å²) in [6.07, 6.45) is 6.36. The Morgan fingerprint density at radius 3 is 2.71 bits per heavy atom. The maximum Gasteiger partial charge on any atom is 0.115 e. The van der Waals surface area contributed by atoms with E-state index < -0.39 is 0 Å². The number of phenolic OH excluding ortho intramolecular Hbond substituents is 1. The van der Waals surface area contributed by atoms with Crippen molar-refractivity contribution in [3.8, 4) is 5.75 Å². The molecule has 1 saturated heterocycles. The molecular weight excluding hydrogens is 300 g/mol. The zero-order chi connectivity index (χ0) is 16.1. The third-order valence-corrected chi connectivity index (χ3v) is 6.90. The second kappa shape index (κ2) is 5.48. The maximum atomic E-state index is 9.65. The number of nitrogens with zero attached hydrogens (tertiary/aromatic N) is 2. The van der Waals surface area contributed by atoms with E-state index >= 15 is 0 Å². The first-order chi connectivity index (χ1) is 11.8. The predicted octanol–water partition coefficient (Wildman–Crippen LogP) is 3.17. The minimum Gasteiger partial charge on any atom is -0.508 e. The minimum absolute atomic E-state index is 0.119. The summed E-state index contributed by atoms with van der Waals surface area (Å²) in [5.74, 6) is 3.75. The highest BCUT2D eigenvalue weighted by Crippen LogP contribution is 2.63. The van der Waals surface area contributed by atoms with Gasteiger partial charge in [0.1, 0.15) is 5.75 Å². The SMILES string of the molecule is Oc1ccc(C2C3CCC(C3)C23CCC(N2CCOCC2)=N3)cc1. The number of phenols is 1. The highest BCUT2D eigenvalue weighted by atomic mass is 16.5. The molecule has 4 atom stereocenters. The summed E-state index contributed by atoms with van der Waals surface area (Å²) < 4.78 is 5.51. The number of benzene rings is 1. The van der Waals surface area contributed by atoms with Crippen molar-refractivity contribution in [1.82, 2.24) is 4.90 Å². The molecule has 24 heavy (non-hydrogen) atoms. The molecule has 2 aliphatic heterocycles. The molecule has 4 unspecified atom stereocenters. The Morgan fingerprint density at radius 1 is 1.12 bits per heavy atom. The maximum absolute atomic E-state index is 9.65. The molecule has 4 aliphatic rings. The first-order valence-corrected chi connectivity index (χ1v) is 9.47. The average molecular weight is 326 g/mol. The summed E-state index contributed by atoms with van der Waals surface area (Å²) in [6.45, 7) is 3.65. The Bertz CT molecular complexity index is 650. The van der Waals surface area contributed by atoms with Crippen LogP contribution in [0.2, 0.25) is 0 Å². The van der Waals surface area contributed by atoms with E-state index in [1.807, 2.05) is 12.1 Å². The van der Waals surface area contributed by atoms with Crippen LogP contribution < -0.4 is 0 Å². The largest absolute Gasteiger partial charge is 0.508 e. The van der Waals surface area contributed by atoms with E-state index in [2.05, 4.69) is 17.0 Å². The van der Waals surface area contributed by atoms with Gasteiger partial charge in [-0.25, -0.2) is 0 Å². The van der Waals surface area contributed by atoms with Gasteiger partial charge in [0.05, 0.1) is 24.6 Å². The van der Waals surface area contributed by atoms with Crippen molar-refractivity contribution in [1.29, 1.82) is 0 Å². The molecule has 1 N–H and O–H groups in total. The van der Waals surface area contributed by atoms with Crippen molar-refractivity contribution in [2.24, 2.45) is 16.8 Å². The topological polar surface area (TPSA) is 45.1 Å². The standard InChI is InChI=1S/C20H26N2O2/c23-17-5-2-14(3-6-17)19-15-1-4-16(13-15)20(19)8-7-18(21-20)22-9-11-24-12-10-22/h2-3,5-6,15-16,19,23H,1,4,7-13H2. The predicted molar refractivity (Wildman–Crippen MR) is 93.5 cm³/mol. The molecule has 128 valence electrons. The highest BCUT2D eigenvalue weighted by molar-refractivity contribution is 5.85. The number of hydrogen-bond donors (Lipinski definition) is 1. The summed E-state index contributed by atoms with van der Waals surface area (Å²) in [5, 5.41) is 9.65. The lowest BCUT2D eigenvalue weighted by atomic mass is 9.69. The van der Waals surface area contributed by atoms with Gasteiger partial charge in [0.25, 0.3) is 0 Å². The van der Waals surface area contributed by atoms with Gasteiger partial charge in [-0.15, -0.1) is 0 Å². The third-order valence-electron chi connectivity index (χ3n) is 6.90. The Balaban J connectivity index is 1.50. The summed E-state index contributed by atoms with van der Waals surface area (Å²) in [7, 11) is 0. The molecule has 4 heteroatoms. The first kappa shape index (κ1) is 14.8. The van der Waals surface area contributed by atoms with Gasteiger partial charge >= 0.3 is 0 Å². The van der Waals surface area contributed by atoms with Crippen LogP contribution in [-0.4, -0.2) is 47.7 Å². The fourth-order valence-corrected chi connectivity index (χ4v) is 5.91. The molecule has 2 saturated carbocycles. The smallest absolute Gasteiger partial charge is 0.115 e. The van der Waals surface area contributed by atoms with Crippen molar-refractivity contribution < 1.29 is 9.84 Å². The Hall–Kier alpha value is -1.55. The Labute approximate surface area is 143 Å². The molecule has 1 spiro atoms. The monoisotopic (exact) mass is 326 g/mol. The van der Waals surface area contributed by atoms with Crippen molar-refractivity contribution >= 4 is 5.84 Å². The summed E-state index contributed by atoms with van der Waals surface area (Å²) >= 11 is 0. The zero-order valence-electron chi connectivity index (χ0n) is 14.2. The van der Waals surface area contributed by atoms with Crippen LogP contribution in [0.1, 0.15) is 43.6 Å². The average Bonchev–Trinajstić information content (AvgIpc) is 3.32. The van der Waals surface area contributed by atoms with Gasteiger partial charge in [0, 0.05) is 25.4 Å². The van der Waals surface area contributed by atoms with Crippen molar-refractivity contribution in [3.63, 3.8) is 0 Å². The number of ether oxygens (including phenoxy) is 1. The molecule has 2 heterocycles. The Morgan fingerprint density at radius 2 is 1.92 bits per heavy atom. The fourth-order valence-electron chi connectivity index (χ4n) is 5.91. The number of aliphatic imine (C=N–C) groups is 1. The van der Waals surface area contributed by atoms with Crippen molar-refractivity contribution in [2.45, 2.75) is 43.6 Å². The van der Waals surface area contributed by atoms with E-state index in [0.29, 0.717) is 11.7 Å². The molecule has 2 aliphatic carbocycles. The number of amidine groups is 1. The fraction of sp³-hybridized carbons (Fsp3) is 0.650. The van der Waals surface area contributed by atoms with E-state index in [0.717, 1.165) is 44.6 Å². The second-order valence-electron chi connectivity index (χ2n) is 7.96. The molecule has 2 bridgehead atoms. The van der Waals surface area contributed by atoms with E-state index in [1.165, 1.54) is 37.1 Å². The normalized spacial score (nSPS) is 38.1. The van der Waals surface area contributed by atoms with E-state index in [-0.39, 0.29) is 5.54 Å². The van der Waals surface area contributed by atoms with Gasteiger partial charge in [0.15, 0.2) is 0 Å². The van der Waals surface area contributed by atoms with E-state index in [1.54, 1.807) is 0 Å². The number of aromatic hydroxyl groups is 1. The van der Waals surface area contributed by atoms with Gasteiger partial charge in [-0.05, 0) is 55.2 Å². The van der Waals surface area contributed by atoms with Crippen LogP contribution in [0.15, 0.2) is 29.3 Å². The van der Waals surface area contributed by atoms with Gasteiger partial charge < -0.3 is 14.7 Å². The number of fused-ring (bicyclic) bond motifs is 3. The zero-order valence-corrected chi connectivity index (χ0v) is 14.2. The van der Waals surface area contributed by atoms with Crippen LogP contribution in [0.4, 0.5) is 0 Å². The quantitative estimate of drug-likeness (QED) is 0.862. The van der Waals surface area contributed by atoms with Crippen LogP contribution in [-0.2, 0) is 4.74 Å². The summed E-state index contributed by atoms with van der Waals surface area (Å²) in [4.78, 5) is 7.89. The number of hydrogen-bond acceptors (Lipinski definition) is 4. The molecular formula is C20H26N2O2. The summed E-state index contributed by atoms with van der Waals surface area (Å²) in [5.41, 5.74) is 1.50. The van der Waals surface area contributed by atoms with Gasteiger partial charge in [-0.2, -0.15) is 0 Å². The second-order valence-corrected chi connectivity index (χ2v) is 7.96.